The van der Waals surface area contributed by atoms with E-state index in [1.165, 1.54) is 103 Å². The Balaban J connectivity index is 1.77. The topological polar surface area (TPSA) is 44.7 Å². The third-order valence-electron chi connectivity index (χ3n) is 6.72. The lowest BCUT2D eigenvalue weighted by molar-refractivity contribution is -0.130. The summed E-state index contributed by atoms with van der Waals surface area (Å²) < 4.78 is 0. The van der Waals surface area contributed by atoms with Crippen molar-refractivity contribution < 1.29 is 4.79 Å². The first-order valence-electron chi connectivity index (χ1n) is 14.2. The minimum absolute atomic E-state index is 0.253. The van der Waals surface area contributed by atoms with Gasteiger partial charge in [-0.1, -0.05) is 103 Å². The summed E-state index contributed by atoms with van der Waals surface area (Å²) in [7, 11) is 0. The van der Waals surface area contributed by atoms with Crippen molar-refractivity contribution in [2.75, 3.05) is 32.7 Å². The highest BCUT2D eigenvalue weighted by Crippen LogP contribution is 2.13. The van der Waals surface area contributed by atoms with E-state index in [9.17, 15) is 4.79 Å². The summed E-state index contributed by atoms with van der Waals surface area (Å²) in [6.45, 7) is 9.04. The normalized spacial score (nSPS) is 15.0. The molecule has 1 rings (SSSR count). The van der Waals surface area contributed by atoms with Crippen LogP contribution in [0.3, 0.4) is 0 Å². The van der Waals surface area contributed by atoms with Crippen LogP contribution in [0.25, 0.3) is 0 Å². The average molecular weight is 450 g/mol. The Bertz CT molecular complexity index is 464. The molecule has 0 unspecified atom stereocenters. The second-order valence-corrected chi connectivity index (χ2v) is 9.93. The first-order valence-corrected chi connectivity index (χ1v) is 14.2. The van der Waals surface area contributed by atoms with Gasteiger partial charge < -0.3 is 10.2 Å². The minimum atomic E-state index is 0.253. The highest BCUT2D eigenvalue weighted by atomic mass is 16.2. The molecule has 0 atom stereocenters. The summed E-state index contributed by atoms with van der Waals surface area (Å²) in [4.78, 5) is 18.7. The summed E-state index contributed by atoms with van der Waals surface area (Å²) in [5.41, 5.74) is 0.987. The van der Waals surface area contributed by atoms with E-state index >= 15 is 0 Å². The van der Waals surface area contributed by atoms with Gasteiger partial charge in [0.2, 0.25) is 5.91 Å². The molecular weight excluding hydrogens is 394 g/mol. The van der Waals surface area contributed by atoms with Gasteiger partial charge in [0.15, 0.2) is 0 Å². The van der Waals surface area contributed by atoms with Gasteiger partial charge in [0, 0.05) is 25.3 Å². The third kappa shape index (κ3) is 17.6. The zero-order valence-corrected chi connectivity index (χ0v) is 21.8. The van der Waals surface area contributed by atoms with Gasteiger partial charge in [-0.2, -0.15) is 0 Å². The first kappa shape index (κ1) is 29.1. The largest absolute Gasteiger partial charge is 0.342 e. The van der Waals surface area contributed by atoms with Gasteiger partial charge in [-0.25, -0.2) is 0 Å². The summed E-state index contributed by atoms with van der Waals surface area (Å²) in [6, 6.07) is 0. The van der Waals surface area contributed by atoms with Crippen molar-refractivity contribution in [2.45, 2.75) is 136 Å². The predicted molar refractivity (Wildman–Crippen MR) is 141 cm³/mol. The lowest BCUT2D eigenvalue weighted by Gasteiger charge is -2.24. The third-order valence-corrected chi connectivity index (χ3v) is 6.72. The second-order valence-electron chi connectivity index (χ2n) is 9.93. The van der Waals surface area contributed by atoms with E-state index in [4.69, 9.17) is 0 Å². The molecule has 0 aromatic heterocycles. The second kappa shape index (κ2) is 21.9. The molecule has 1 heterocycles. The number of carbonyl (C=O) groups excluding carboxylic acids is 1. The van der Waals surface area contributed by atoms with E-state index in [0.717, 1.165) is 51.3 Å². The summed E-state index contributed by atoms with van der Waals surface area (Å²) in [5.74, 6) is 0.253. The standard InChI is InChI=1S/C28H55N3O/c1-3-4-5-6-7-8-9-10-11-12-13-14-15-16-17-18-21-29-22-19-24-31-25-20-23-30-27(2)26-28(31)32/h29H,3-26H2,1-2H3. The Morgan fingerprint density at radius 2 is 1.25 bits per heavy atom. The van der Waals surface area contributed by atoms with Gasteiger partial charge in [-0.3, -0.25) is 9.79 Å². The maximum atomic E-state index is 12.2. The SMILES string of the molecule is CCCCCCCCCCCCCCCCCCNCCCN1CCCN=C(C)CC1=O. The zero-order valence-electron chi connectivity index (χ0n) is 21.8. The van der Waals surface area contributed by atoms with Crippen molar-refractivity contribution >= 4 is 11.6 Å². The Hall–Kier alpha value is -0.900. The smallest absolute Gasteiger partial charge is 0.228 e. The monoisotopic (exact) mass is 449 g/mol. The van der Waals surface area contributed by atoms with Gasteiger partial charge in [0.25, 0.3) is 0 Å². The van der Waals surface area contributed by atoms with Crippen LogP contribution < -0.4 is 5.32 Å². The maximum absolute atomic E-state index is 12.2. The van der Waals surface area contributed by atoms with Crippen molar-refractivity contribution in [3.05, 3.63) is 0 Å². The molecule has 4 nitrogen and oxygen atoms in total. The number of nitrogens with one attached hydrogen (secondary N) is 1. The number of carbonyl (C=O) groups is 1. The van der Waals surface area contributed by atoms with Crippen LogP contribution in [0.2, 0.25) is 0 Å². The molecule has 1 aliphatic heterocycles. The molecule has 0 aromatic rings. The molecule has 4 heteroatoms. The number of nitrogens with zero attached hydrogens (tertiary/aromatic N) is 2. The Labute approximate surface area is 200 Å². The molecule has 0 aromatic carbocycles. The van der Waals surface area contributed by atoms with E-state index in [0.29, 0.717) is 6.42 Å². The van der Waals surface area contributed by atoms with Crippen LogP contribution in [0.4, 0.5) is 0 Å². The lowest BCUT2D eigenvalue weighted by atomic mass is 10.0. The Kier molecular flexibility index (Phi) is 20.0. The molecule has 1 amide bonds. The van der Waals surface area contributed by atoms with E-state index in [2.05, 4.69) is 17.2 Å². The van der Waals surface area contributed by atoms with Crippen molar-refractivity contribution in [2.24, 2.45) is 4.99 Å². The lowest BCUT2D eigenvalue weighted by Crippen LogP contribution is -2.36. The van der Waals surface area contributed by atoms with Crippen LogP contribution >= 0.6 is 0 Å². The van der Waals surface area contributed by atoms with Gasteiger partial charge in [0.05, 0.1) is 6.42 Å². The van der Waals surface area contributed by atoms with Crippen LogP contribution in [0.5, 0.6) is 0 Å². The molecule has 188 valence electrons. The molecular formula is C28H55N3O. The molecule has 1 aliphatic rings. The fraction of sp³-hybridized carbons (Fsp3) is 0.929. The fourth-order valence-corrected chi connectivity index (χ4v) is 4.60. The quantitative estimate of drug-likeness (QED) is 0.187. The number of hydrogen-bond acceptors (Lipinski definition) is 3. The van der Waals surface area contributed by atoms with E-state index < -0.39 is 0 Å². The molecule has 0 bridgehead atoms. The van der Waals surface area contributed by atoms with Crippen LogP contribution in [-0.4, -0.2) is 49.2 Å². The maximum Gasteiger partial charge on any atom is 0.228 e. The van der Waals surface area contributed by atoms with Crippen molar-refractivity contribution in [1.29, 1.82) is 0 Å². The van der Waals surface area contributed by atoms with Gasteiger partial charge in [-0.05, 0) is 39.3 Å². The number of amides is 1. The average Bonchev–Trinajstić information content (AvgIpc) is 2.78. The molecule has 1 N–H and O–H groups in total. The zero-order chi connectivity index (χ0) is 23.1. The number of rotatable bonds is 21. The molecule has 0 saturated heterocycles. The van der Waals surface area contributed by atoms with Crippen LogP contribution in [-0.2, 0) is 4.79 Å². The van der Waals surface area contributed by atoms with Crippen molar-refractivity contribution in [1.82, 2.24) is 10.2 Å². The van der Waals surface area contributed by atoms with Crippen LogP contribution in [0, 0.1) is 0 Å². The number of hydrogen-bond donors (Lipinski definition) is 1. The molecule has 0 spiro atoms. The summed E-state index contributed by atoms with van der Waals surface area (Å²) in [5, 5.41) is 3.56. The van der Waals surface area contributed by atoms with Crippen LogP contribution in [0.1, 0.15) is 136 Å². The Morgan fingerprint density at radius 1 is 0.750 bits per heavy atom. The Morgan fingerprint density at radius 3 is 1.81 bits per heavy atom. The summed E-state index contributed by atoms with van der Waals surface area (Å²) in [6.07, 6.45) is 25.3. The fourth-order valence-electron chi connectivity index (χ4n) is 4.60. The predicted octanol–water partition coefficient (Wildman–Crippen LogP) is 7.31. The van der Waals surface area contributed by atoms with E-state index in [-0.39, 0.29) is 5.91 Å². The highest BCUT2D eigenvalue weighted by Gasteiger charge is 2.15. The highest BCUT2D eigenvalue weighted by molar-refractivity contribution is 5.99. The van der Waals surface area contributed by atoms with Gasteiger partial charge in [-0.15, -0.1) is 0 Å². The van der Waals surface area contributed by atoms with E-state index in [1.807, 2.05) is 11.8 Å². The summed E-state index contributed by atoms with van der Waals surface area (Å²) >= 11 is 0. The number of unbranched alkanes of at least 4 members (excludes halogenated alkanes) is 15. The van der Waals surface area contributed by atoms with Gasteiger partial charge in [0.1, 0.15) is 0 Å². The minimum Gasteiger partial charge on any atom is -0.342 e. The van der Waals surface area contributed by atoms with Gasteiger partial charge >= 0.3 is 0 Å². The molecule has 0 saturated carbocycles. The first-order chi connectivity index (χ1) is 15.7. The molecule has 0 radical (unpaired) electrons. The molecule has 32 heavy (non-hydrogen) atoms. The van der Waals surface area contributed by atoms with Crippen LogP contribution in [0.15, 0.2) is 4.99 Å². The van der Waals surface area contributed by atoms with Crippen molar-refractivity contribution in [3.63, 3.8) is 0 Å². The molecule has 0 aliphatic carbocycles. The molecule has 0 fully saturated rings. The van der Waals surface area contributed by atoms with E-state index in [1.54, 1.807) is 0 Å². The number of aliphatic imine (C=N–C) groups is 1. The van der Waals surface area contributed by atoms with Crippen molar-refractivity contribution in [3.8, 4) is 0 Å².